The van der Waals surface area contributed by atoms with Gasteiger partial charge in [-0.3, -0.25) is 0 Å². The molecule has 4 nitrogen and oxygen atoms in total. The van der Waals surface area contributed by atoms with Gasteiger partial charge in [-0.2, -0.15) is 4.39 Å². The number of ether oxygens (including phenoxy) is 1. The van der Waals surface area contributed by atoms with Crippen LogP contribution in [-0.4, -0.2) is 20.6 Å². The normalized spacial score (nSPS) is 11.5. The quantitative estimate of drug-likeness (QED) is 0.819. The lowest BCUT2D eigenvalue weighted by Gasteiger charge is -2.07. The molecule has 1 aromatic rings. The van der Waals surface area contributed by atoms with E-state index in [0.717, 1.165) is 7.11 Å². The minimum Gasteiger partial charge on any atom is -0.504 e. The summed E-state index contributed by atoms with van der Waals surface area (Å²) in [6, 6.07) is 0.375. The van der Waals surface area contributed by atoms with Crippen molar-refractivity contribution in [2.45, 2.75) is 4.90 Å². The maximum atomic E-state index is 13.1. The maximum absolute atomic E-state index is 13.1. The Labute approximate surface area is 88.5 Å². The standard InChI is InChI=1S/C7H5ClF2O4S/c1-14-7-3(9)2-4(15(8,12)13)6(11)5(7)10/h2,11H,1H3. The van der Waals surface area contributed by atoms with Gasteiger partial charge in [-0.15, -0.1) is 0 Å². The number of benzene rings is 1. The summed E-state index contributed by atoms with van der Waals surface area (Å²) in [6.07, 6.45) is 0. The molecule has 0 unspecified atom stereocenters. The zero-order chi connectivity index (χ0) is 11.8. The minimum atomic E-state index is -4.42. The van der Waals surface area contributed by atoms with E-state index < -0.39 is 37.1 Å². The van der Waals surface area contributed by atoms with E-state index in [1.807, 2.05) is 0 Å². The van der Waals surface area contributed by atoms with E-state index in [-0.39, 0.29) is 0 Å². The largest absolute Gasteiger partial charge is 0.504 e. The maximum Gasteiger partial charge on any atom is 0.265 e. The summed E-state index contributed by atoms with van der Waals surface area (Å²) in [5, 5.41) is 9.08. The molecular formula is C7H5ClF2O4S. The number of aromatic hydroxyl groups is 1. The molecule has 1 rings (SSSR count). The average molecular weight is 259 g/mol. The van der Waals surface area contributed by atoms with E-state index >= 15 is 0 Å². The van der Waals surface area contributed by atoms with Crippen LogP contribution in [-0.2, 0) is 9.05 Å². The fourth-order valence-electron chi connectivity index (χ4n) is 0.943. The van der Waals surface area contributed by atoms with Gasteiger partial charge in [-0.05, 0) is 0 Å². The average Bonchev–Trinajstić information content (AvgIpc) is 2.10. The van der Waals surface area contributed by atoms with Crippen LogP contribution >= 0.6 is 10.7 Å². The molecule has 0 atom stereocenters. The van der Waals surface area contributed by atoms with Gasteiger partial charge in [0.15, 0.2) is 17.3 Å². The highest BCUT2D eigenvalue weighted by Gasteiger charge is 2.25. The molecule has 1 N–H and O–H groups in total. The predicted molar refractivity (Wildman–Crippen MR) is 47.6 cm³/mol. The lowest BCUT2D eigenvalue weighted by Crippen LogP contribution is -1.99. The molecule has 0 fully saturated rings. The Morgan fingerprint density at radius 1 is 1.47 bits per heavy atom. The van der Waals surface area contributed by atoms with Gasteiger partial charge in [0.1, 0.15) is 4.90 Å². The van der Waals surface area contributed by atoms with Gasteiger partial charge in [0, 0.05) is 16.7 Å². The van der Waals surface area contributed by atoms with Crippen molar-refractivity contribution in [3.63, 3.8) is 0 Å². The summed E-state index contributed by atoms with van der Waals surface area (Å²) in [5.74, 6) is -4.94. The number of hydrogen-bond donors (Lipinski definition) is 1. The van der Waals surface area contributed by atoms with Gasteiger partial charge < -0.3 is 9.84 Å². The number of phenols is 1. The summed E-state index contributed by atoms with van der Waals surface area (Å²) >= 11 is 0. The zero-order valence-electron chi connectivity index (χ0n) is 7.29. The molecule has 0 aliphatic carbocycles. The van der Waals surface area contributed by atoms with Crippen molar-refractivity contribution in [2.75, 3.05) is 7.11 Å². The first-order valence-corrected chi connectivity index (χ1v) is 5.79. The first-order valence-electron chi connectivity index (χ1n) is 3.48. The summed E-state index contributed by atoms with van der Waals surface area (Å²) in [4.78, 5) is -1.04. The summed E-state index contributed by atoms with van der Waals surface area (Å²) in [5.41, 5.74) is 0. The van der Waals surface area contributed by atoms with Gasteiger partial charge >= 0.3 is 0 Å². The second-order valence-corrected chi connectivity index (χ2v) is 5.02. The van der Waals surface area contributed by atoms with E-state index in [9.17, 15) is 17.2 Å². The van der Waals surface area contributed by atoms with Crippen molar-refractivity contribution < 1.29 is 27.0 Å². The van der Waals surface area contributed by atoms with E-state index in [1.54, 1.807) is 0 Å². The third-order valence-corrected chi connectivity index (χ3v) is 2.92. The molecule has 0 saturated carbocycles. The van der Waals surface area contributed by atoms with Gasteiger partial charge in [-0.1, -0.05) is 0 Å². The van der Waals surface area contributed by atoms with Crippen molar-refractivity contribution in [1.82, 2.24) is 0 Å². The summed E-state index contributed by atoms with van der Waals surface area (Å²) in [7, 11) is 1.39. The molecule has 0 spiro atoms. The van der Waals surface area contributed by atoms with Crippen molar-refractivity contribution in [3.05, 3.63) is 17.7 Å². The fourth-order valence-corrected chi connectivity index (χ4v) is 1.86. The molecule has 0 aromatic heterocycles. The predicted octanol–water partition coefficient (Wildman–Crippen LogP) is 1.61. The van der Waals surface area contributed by atoms with Crippen LogP contribution in [0.25, 0.3) is 0 Å². The molecule has 0 heterocycles. The van der Waals surface area contributed by atoms with Crippen molar-refractivity contribution in [2.24, 2.45) is 0 Å². The van der Waals surface area contributed by atoms with E-state index in [1.165, 1.54) is 0 Å². The Kier molecular flexibility index (Phi) is 3.05. The molecule has 0 aliphatic rings. The van der Waals surface area contributed by atoms with Crippen LogP contribution in [0.5, 0.6) is 11.5 Å². The number of rotatable bonds is 2. The smallest absolute Gasteiger partial charge is 0.265 e. The topological polar surface area (TPSA) is 63.6 Å². The number of hydrogen-bond acceptors (Lipinski definition) is 4. The summed E-state index contributed by atoms with van der Waals surface area (Å²) in [6.45, 7) is 0. The molecule has 15 heavy (non-hydrogen) atoms. The van der Waals surface area contributed by atoms with Crippen LogP contribution in [0.4, 0.5) is 8.78 Å². The second-order valence-electron chi connectivity index (χ2n) is 2.49. The van der Waals surface area contributed by atoms with Gasteiger partial charge in [0.2, 0.25) is 5.82 Å². The molecule has 8 heteroatoms. The Bertz CT molecular complexity index is 500. The van der Waals surface area contributed by atoms with E-state index in [4.69, 9.17) is 15.8 Å². The molecule has 0 saturated heterocycles. The summed E-state index contributed by atoms with van der Waals surface area (Å²) < 4.78 is 52.0. The van der Waals surface area contributed by atoms with Crippen LogP contribution in [0.2, 0.25) is 0 Å². The second kappa shape index (κ2) is 3.82. The van der Waals surface area contributed by atoms with Gasteiger partial charge in [0.05, 0.1) is 7.11 Å². The third-order valence-electron chi connectivity index (χ3n) is 1.58. The number of methoxy groups -OCH3 is 1. The van der Waals surface area contributed by atoms with Crippen LogP contribution in [0.1, 0.15) is 0 Å². The van der Waals surface area contributed by atoms with Crippen molar-refractivity contribution >= 4 is 19.7 Å². The Balaban J connectivity index is 3.62. The molecule has 84 valence electrons. The fraction of sp³-hybridized carbons (Fsp3) is 0.143. The lowest BCUT2D eigenvalue weighted by molar-refractivity contribution is 0.336. The minimum absolute atomic E-state index is 0.375. The van der Waals surface area contributed by atoms with Gasteiger partial charge in [0.25, 0.3) is 9.05 Å². The molecule has 0 bridgehead atoms. The van der Waals surface area contributed by atoms with E-state index in [0.29, 0.717) is 6.07 Å². The van der Waals surface area contributed by atoms with Gasteiger partial charge in [-0.25, -0.2) is 12.8 Å². The molecule has 1 aromatic carbocycles. The van der Waals surface area contributed by atoms with E-state index in [2.05, 4.69) is 4.74 Å². The van der Waals surface area contributed by atoms with Crippen LogP contribution in [0.15, 0.2) is 11.0 Å². The highest BCUT2D eigenvalue weighted by atomic mass is 35.7. The highest BCUT2D eigenvalue weighted by Crippen LogP contribution is 2.36. The number of phenolic OH excluding ortho intramolecular Hbond substituents is 1. The van der Waals surface area contributed by atoms with Crippen LogP contribution in [0, 0.1) is 11.6 Å². The van der Waals surface area contributed by atoms with Crippen molar-refractivity contribution in [1.29, 1.82) is 0 Å². The van der Waals surface area contributed by atoms with Crippen LogP contribution in [0.3, 0.4) is 0 Å². The highest BCUT2D eigenvalue weighted by molar-refractivity contribution is 8.13. The number of halogens is 3. The SMILES string of the molecule is COc1c(F)cc(S(=O)(=O)Cl)c(O)c1F. The molecule has 0 aliphatic heterocycles. The van der Waals surface area contributed by atoms with Crippen LogP contribution < -0.4 is 4.74 Å². The third kappa shape index (κ3) is 2.13. The Morgan fingerprint density at radius 3 is 2.40 bits per heavy atom. The molecule has 0 amide bonds. The molecular weight excluding hydrogens is 254 g/mol. The molecule has 0 radical (unpaired) electrons. The zero-order valence-corrected chi connectivity index (χ0v) is 8.86. The Hall–Kier alpha value is -1.08. The lowest BCUT2D eigenvalue weighted by atomic mass is 10.3. The Morgan fingerprint density at radius 2 is 2.00 bits per heavy atom. The first-order chi connectivity index (χ1) is 6.79. The monoisotopic (exact) mass is 258 g/mol. The van der Waals surface area contributed by atoms with Crippen molar-refractivity contribution in [3.8, 4) is 11.5 Å². The first kappa shape index (κ1) is 12.0.